The van der Waals surface area contributed by atoms with E-state index in [0.717, 1.165) is 5.56 Å². The summed E-state index contributed by atoms with van der Waals surface area (Å²) in [5, 5.41) is 11.8. The number of benzene rings is 1. The topological polar surface area (TPSA) is 47.9 Å². The molecule has 0 radical (unpaired) electrons. The minimum absolute atomic E-state index is 0.0894. The highest BCUT2D eigenvalue weighted by atomic mass is 28.4. The molecule has 1 aromatic rings. The smallest absolute Gasteiger partial charge is 0.192 e. The van der Waals surface area contributed by atoms with Crippen LogP contribution in [0.5, 0.6) is 0 Å². The van der Waals surface area contributed by atoms with Crippen LogP contribution in [0.1, 0.15) is 46.6 Å². The van der Waals surface area contributed by atoms with Crippen molar-refractivity contribution >= 4 is 8.32 Å². The van der Waals surface area contributed by atoms with Gasteiger partial charge >= 0.3 is 0 Å². The fourth-order valence-corrected chi connectivity index (χ4v) is 5.97. The van der Waals surface area contributed by atoms with Crippen molar-refractivity contribution in [1.82, 2.24) is 0 Å². The number of fused-ring (bicyclic) bond motifs is 1. The van der Waals surface area contributed by atoms with Gasteiger partial charge in [-0.1, -0.05) is 50.8 Å². The highest BCUT2D eigenvalue weighted by Crippen LogP contribution is 2.62. The molecule has 2 bridgehead atoms. The molecular weight excluding hydrogens is 368 g/mol. The summed E-state index contributed by atoms with van der Waals surface area (Å²) in [6.45, 7) is 15.2. The predicted octanol–water partition coefficient (Wildman–Crippen LogP) is 3.88. The first-order valence-corrected chi connectivity index (χ1v) is 13.1. The van der Waals surface area contributed by atoms with Crippen molar-refractivity contribution in [2.24, 2.45) is 0 Å². The highest BCUT2D eigenvalue weighted by molar-refractivity contribution is 6.74. The zero-order valence-corrected chi connectivity index (χ0v) is 19.0. The van der Waals surface area contributed by atoms with Crippen LogP contribution in [0.2, 0.25) is 18.1 Å². The van der Waals surface area contributed by atoms with Crippen molar-refractivity contribution in [1.29, 1.82) is 0 Å². The van der Waals surface area contributed by atoms with Crippen LogP contribution in [0.25, 0.3) is 0 Å². The lowest BCUT2D eigenvalue weighted by molar-refractivity contribution is -0.323. The summed E-state index contributed by atoms with van der Waals surface area (Å²) in [6.07, 6.45) is -0.129. The minimum atomic E-state index is -1.98. The van der Waals surface area contributed by atoms with Crippen LogP contribution in [0.3, 0.4) is 0 Å². The van der Waals surface area contributed by atoms with Gasteiger partial charge in [0.2, 0.25) is 0 Å². The molecule has 0 saturated carbocycles. The number of hydrogen-bond donors (Lipinski definition) is 1. The van der Waals surface area contributed by atoms with Gasteiger partial charge in [0.25, 0.3) is 0 Å². The summed E-state index contributed by atoms with van der Waals surface area (Å²) in [6, 6.07) is 9.72. The van der Waals surface area contributed by atoms with Crippen molar-refractivity contribution in [2.45, 2.75) is 94.3 Å². The third kappa shape index (κ3) is 2.66. The summed E-state index contributed by atoms with van der Waals surface area (Å²) in [7, 11) is -1.98. The molecule has 3 aliphatic rings. The van der Waals surface area contributed by atoms with E-state index >= 15 is 0 Å². The van der Waals surface area contributed by atoms with E-state index in [4.69, 9.17) is 13.9 Å². The molecule has 3 heterocycles. The lowest BCUT2D eigenvalue weighted by Gasteiger charge is -2.55. The third-order valence-electron chi connectivity index (χ3n) is 7.35. The van der Waals surface area contributed by atoms with E-state index in [0.29, 0.717) is 6.42 Å². The lowest BCUT2D eigenvalue weighted by atomic mass is 9.77. The van der Waals surface area contributed by atoms with Crippen LogP contribution in [0.4, 0.5) is 0 Å². The van der Waals surface area contributed by atoms with Crippen LogP contribution < -0.4 is 0 Å². The van der Waals surface area contributed by atoms with Gasteiger partial charge in [0.1, 0.15) is 23.4 Å². The van der Waals surface area contributed by atoms with E-state index < -0.39 is 31.2 Å². The van der Waals surface area contributed by atoms with Gasteiger partial charge in [0.05, 0.1) is 6.10 Å². The van der Waals surface area contributed by atoms with Gasteiger partial charge in [-0.15, -0.1) is 0 Å². The van der Waals surface area contributed by atoms with E-state index in [1.807, 2.05) is 44.2 Å². The van der Waals surface area contributed by atoms with Crippen LogP contribution in [-0.4, -0.2) is 48.5 Å². The molecule has 1 N–H and O–H groups in total. The zero-order chi connectivity index (χ0) is 20.6. The van der Waals surface area contributed by atoms with E-state index in [2.05, 4.69) is 45.7 Å². The lowest BCUT2D eigenvalue weighted by Crippen LogP contribution is -2.71. The molecule has 3 saturated heterocycles. The summed E-state index contributed by atoms with van der Waals surface area (Å²) in [4.78, 5) is 0. The molecule has 0 spiro atoms. The molecule has 0 aromatic heterocycles. The first-order valence-electron chi connectivity index (χ1n) is 10.2. The predicted molar refractivity (Wildman–Crippen MR) is 112 cm³/mol. The largest absolute Gasteiger partial charge is 0.411 e. The van der Waals surface area contributed by atoms with Crippen LogP contribution in [0.15, 0.2) is 30.3 Å². The molecule has 28 heavy (non-hydrogen) atoms. The fourth-order valence-electron chi connectivity index (χ4n) is 4.65. The van der Waals surface area contributed by atoms with Gasteiger partial charge in [-0.3, -0.25) is 0 Å². The zero-order valence-electron chi connectivity index (χ0n) is 18.0. The first kappa shape index (κ1) is 20.1. The summed E-state index contributed by atoms with van der Waals surface area (Å²) >= 11 is 0. The van der Waals surface area contributed by atoms with Gasteiger partial charge in [0.15, 0.2) is 13.9 Å². The molecule has 0 amide bonds. The van der Waals surface area contributed by atoms with E-state index in [1.54, 1.807) is 0 Å². The molecule has 3 fully saturated rings. The monoisotopic (exact) mass is 400 g/mol. The molecule has 4 rings (SSSR count). The van der Waals surface area contributed by atoms with Crippen LogP contribution in [-0.2, 0) is 13.9 Å². The van der Waals surface area contributed by atoms with Gasteiger partial charge in [-0.2, -0.15) is 0 Å². The van der Waals surface area contributed by atoms with E-state index in [9.17, 15) is 5.11 Å². The maximum Gasteiger partial charge on any atom is 0.192 e. The van der Waals surface area contributed by atoms with Crippen LogP contribution >= 0.6 is 0 Å². The Bertz CT molecular complexity index is 836. The molecule has 5 heteroatoms. The maximum absolute atomic E-state index is 11.7. The Kier molecular flexibility index (Phi) is 4.26. The average molecular weight is 401 g/mol. The van der Waals surface area contributed by atoms with Gasteiger partial charge in [-0.05, 0) is 44.1 Å². The number of rotatable bonds is 2. The Morgan fingerprint density at radius 2 is 1.82 bits per heavy atom. The van der Waals surface area contributed by atoms with Gasteiger partial charge in [-0.25, -0.2) is 0 Å². The van der Waals surface area contributed by atoms with E-state index in [1.165, 1.54) is 0 Å². The second kappa shape index (κ2) is 5.93. The Hall–Kier alpha value is -1.16. The second-order valence-corrected chi connectivity index (χ2v) is 15.2. The number of ether oxygens (including phenoxy) is 2. The molecule has 152 valence electrons. The van der Waals surface area contributed by atoms with E-state index in [-0.39, 0.29) is 17.2 Å². The van der Waals surface area contributed by atoms with Gasteiger partial charge < -0.3 is 19.0 Å². The quantitative estimate of drug-likeness (QED) is 0.605. The molecule has 3 aliphatic heterocycles. The van der Waals surface area contributed by atoms with Crippen molar-refractivity contribution in [3.8, 4) is 11.8 Å². The van der Waals surface area contributed by atoms with Crippen LogP contribution in [0, 0.1) is 11.8 Å². The first-order chi connectivity index (χ1) is 12.8. The fraction of sp³-hybridized carbons (Fsp3) is 0.652. The summed E-state index contributed by atoms with van der Waals surface area (Å²) in [5.74, 6) is 6.26. The molecule has 4 nitrogen and oxygen atoms in total. The minimum Gasteiger partial charge on any atom is -0.411 e. The third-order valence-corrected chi connectivity index (χ3v) is 11.9. The van der Waals surface area contributed by atoms with Crippen molar-refractivity contribution in [2.75, 3.05) is 0 Å². The molecule has 0 aliphatic carbocycles. The number of aliphatic hydroxyl groups is 1. The standard InChI is InChI=1S/C23H32O4Si/c1-20(2,3)28(6,7)26-17-15-21(4)23(24,14-13-16-11-9-8-10-12-16)19-22(5,27-21)18(17)25-19/h8-12,17-19,24H,15H2,1-7H3/t17-,18-,19-,21-,22+,23-/m0/s1. The Morgan fingerprint density at radius 1 is 1.18 bits per heavy atom. The maximum atomic E-state index is 11.7. The van der Waals surface area contributed by atoms with Crippen molar-refractivity contribution in [3.63, 3.8) is 0 Å². The van der Waals surface area contributed by atoms with Gasteiger partial charge in [0, 0.05) is 12.0 Å². The molecular formula is C23H32O4Si. The SMILES string of the molecule is CC(C)(C)[Si](C)(C)O[C@H]1C[C@]2(C)O[C@]3(C)[C@H]1O[C@@H]3[C@@]2(O)C#Cc1ccccc1. The van der Waals surface area contributed by atoms with Crippen molar-refractivity contribution in [3.05, 3.63) is 35.9 Å². The highest BCUT2D eigenvalue weighted by Gasteiger charge is 2.81. The Labute approximate surface area is 169 Å². The normalized spacial score (nSPS) is 41.8. The summed E-state index contributed by atoms with van der Waals surface area (Å²) < 4.78 is 19.4. The summed E-state index contributed by atoms with van der Waals surface area (Å²) in [5.41, 5.74) is -1.88. The average Bonchev–Trinajstić information content (AvgIpc) is 2.63. The Morgan fingerprint density at radius 3 is 2.43 bits per heavy atom. The number of hydrogen-bond acceptors (Lipinski definition) is 4. The molecule has 1 aromatic carbocycles. The second-order valence-electron chi connectivity index (χ2n) is 10.5. The molecule has 0 unspecified atom stereocenters. The Balaban J connectivity index is 1.66. The molecule has 6 atom stereocenters. The van der Waals surface area contributed by atoms with Crippen molar-refractivity contribution < 1.29 is 19.0 Å².